The minimum Gasteiger partial charge on any atom is -0.384 e. The first-order chi connectivity index (χ1) is 8.29. The molecule has 2 aromatic rings. The summed E-state index contributed by atoms with van der Waals surface area (Å²) in [5, 5.41) is 9.76. The molecule has 0 aromatic heterocycles. The van der Waals surface area contributed by atoms with Crippen LogP contribution in [-0.4, -0.2) is 5.11 Å². The van der Waals surface area contributed by atoms with Crippen LogP contribution in [0.1, 0.15) is 22.8 Å². The molecule has 0 heterocycles. The Balaban J connectivity index is 2.10. The summed E-state index contributed by atoms with van der Waals surface area (Å²) in [6, 6.07) is 14.6. The van der Waals surface area contributed by atoms with E-state index in [2.05, 4.69) is 43.0 Å². The molecule has 1 aliphatic rings. The third kappa shape index (κ3) is 1.60. The van der Waals surface area contributed by atoms with Crippen molar-refractivity contribution in [2.75, 3.05) is 0 Å². The molecule has 1 aliphatic carbocycles. The molecule has 17 heavy (non-hydrogen) atoms. The Hall–Kier alpha value is -1.86. The van der Waals surface area contributed by atoms with Crippen molar-refractivity contribution in [2.24, 2.45) is 0 Å². The maximum atomic E-state index is 9.76. The highest BCUT2D eigenvalue weighted by Crippen LogP contribution is 2.37. The van der Waals surface area contributed by atoms with Gasteiger partial charge < -0.3 is 5.11 Å². The van der Waals surface area contributed by atoms with Crippen LogP contribution in [0.25, 0.3) is 11.1 Å². The van der Waals surface area contributed by atoms with Gasteiger partial charge in [0.25, 0.3) is 0 Å². The molecule has 0 bridgehead atoms. The number of benzene rings is 2. The number of aliphatic hydroxyl groups is 1. The van der Waals surface area contributed by atoms with Gasteiger partial charge in [0.05, 0.1) is 6.10 Å². The third-order valence-electron chi connectivity index (χ3n) is 3.38. The van der Waals surface area contributed by atoms with Crippen LogP contribution in [-0.2, 0) is 6.42 Å². The minimum atomic E-state index is -0.566. The fourth-order valence-electron chi connectivity index (χ4n) is 2.49. The molecule has 0 radical (unpaired) electrons. The molecule has 1 atom stereocenters. The first kappa shape index (κ1) is 10.3. The normalized spacial score (nSPS) is 13.9. The third-order valence-corrected chi connectivity index (χ3v) is 3.38. The van der Waals surface area contributed by atoms with E-state index >= 15 is 0 Å². The molecule has 0 spiro atoms. The molecular weight excluding hydrogens is 208 g/mol. The van der Waals surface area contributed by atoms with E-state index in [9.17, 15) is 5.11 Å². The lowest BCUT2D eigenvalue weighted by atomic mass is 10.0. The Morgan fingerprint density at radius 1 is 1.06 bits per heavy atom. The van der Waals surface area contributed by atoms with Gasteiger partial charge in [0, 0.05) is 0 Å². The number of rotatable bonds is 2. The van der Waals surface area contributed by atoms with Gasteiger partial charge in [0.15, 0.2) is 0 Å². The lowest BCUT2D eigenvalue weighted by molar-refractivity contribution is 0.229. The van der Waals surface area contributed by atoms with Gasteiger partial charge in [-0.25, -0.2) is 0 Å². The molecular formula is C16H14O. The summed E-state index contributed by atoms with van der Waals surface area (Å²) in [6.45, 7) is 3.62. The smallest absolute Gasteiger partial charge is 0.0969 e. The summed E-state index contributed by atoms with van der Waals surface area (Å²) in [6.07, 6.45) is 1.96. The Morgan fingerprint density at radius 2 is 1.82 bits per heavy atom. The Morgan fingerprint density at radius 3 is 2.65 bits per heavy atom. The standard InChI is InChI=1S/C16H14O/c1-2-16(17)12-7-8-15-13(10-12)9-11-5-3-4-6-14(11)15/h2-8,10,16-17H,1,9H2/t16-/m0/s1. The van der Waals surface area contributed by atoms with Crippen LogP contribution in [0.2, 0.25) is 0 Å². The average Bonchev–Trinajstić information content (AvgIpc) is 2.75. The van der Waals surface area contributed by atoms with Crippen LogP contribution >= 0.6 is 0 Å². The van der Waals surface area contributed by atoms with Crippen molar-refractivity contribution < 1.29 is 5.11 Å². The quantitative estimate of drug-likeness (QED) is 0.658. The Labute approximate surface area is 101 Å². The van der Waals surface area contributed by atoms with Gasteiger partial charge in [0.2, 0.25) is 0 Å². The molecule has 0 fully saturated rings. The van der Waals surface area contributed by atoms with Crippen LogP contribution < -0.4 is 0 Å². The average molecular weight is 222 g/mol. The van der Waals surface area contributed by atoms with Crippen LogP contribution in [0.4, 0.5) is 0 Å². The van der Waals surface area contributed by atoms with Gasteiger partial charge in [-0.1, -0.05) is 48.5 Å². The van der Waals surface area contributed by atoms with Gasteiger partial charge in [-0.3, -0.25) is 0 Å². The summed E-state index contributed by atoms with van der Waals surface area (Å²) in [7, 11) is 0. The molecule has 0 saturated heterocycles. The van der Waals surface area contributed by atoms with Crippen molar-refractivity contribution in [1.29, 1.82) is 0 Å². The van der Waals surface area contributed by atoms with Crippen molar-refractivity contribution in [2.45, 2.75) is 12.5 Å². The second-order valence-corrected chi connectivity index (χ2v) is 4.43. The first-order valence-electron chi connectivity index (χ1n) is 5.81. The van der Waals surface area contributed by atoms with E-state index in [1.807, 2.05) is 6.07 Å². The lowest BCUT2D eigenvalue weighted by Gasteiger charge is -2.08. The van der Waals surface area contributed by atoms with Crippen LogP contribution in [0.3, 0.4) is 0 Å². The minimum absolute atomic E-state index is 0.566. The SMILES string of the molecule is C=C[C@H](O)c1ccc2c(c1)Cc1ccccc1-2. The van der Waals surface area contributed by atoms with Gasteiger partial charge >= 0.3 is 0 Å². The van der Waals surface area contributed by atoms with Crippen molar-refractivity contribution in [3.05, 3.63) is 71.8 Å². The Bertz CT molecular complexity index is 584. The predicted octanol–water partition coefficient (Wildman–Crippen LogP) is 3.48. The summed E-state index contributed by atoms with van der Waals surface area (Å²) in [5.74, 6) is 0. The highest BCUT2D eigenvalue weighted by atomic mass is 16.3. The molecule has 0 aliphatic heterocycles. The lowest BCUT2D eigenvalue weighted by Crippen LogP contribution is -1.93. The maximum absolute atomic E-state index is 9.76. The molecule has 3 rings (SSSR count). The van der Waals surface area contributed by atoms with Crippen LogP contribution in [0.15, 0.2) is 55.1 Å². The Kier molecular flexibility index (Phi) is 2.34. The number of fused-ring (bicyclic) bond motifs is 3. The monoisotopic (exact) mass is 222 g/mol. The van der Waals surface area contributed by atoms with Gasteiger partial charge in [0.1, 0.15) is 0 Å². The summed E-state index contributed by atoms with van der Waals surface area (Å²) in [4.78, 5) is 0. The van der Waals surface area contributed by atoms with Crippen LogP contribution in [0.5, 0.6) is 0 Å². The van der Waals surface area contributed by atoms with E-state index in [0.29, 0.717) is 0 Å². The van der Waals surface area contributed by atoms with Crippen molar-refractivity contribution in [1.82, 2.24) is 0 Å². The molecule has 1 heteroatoms. The van der Waals surface area contributed by atoms with E-state index in [1.54, 1.807) is 6.08 Å². The molecule has 1 N–H and O–H groups in total. The second kappa shape index (κ2) is 3.86. The van der Waals surface area contributed by atoms with Gasteiger partial charge in [-0.15, -0.1) is 6.58 Å². The van der Waals surface area contributed by atoms with Gasteiger partial charge in [-0.2, -0.15) is 0 Å². The van der Waals surface area contributed by atoms with Crippen LogP contribution in [0, 0.1) is 0 Å². The summed E-state index contributed by atoms with van der Waals surface area (Å²) < 4.78 is 0. The van der Waals surface area contributed by atoms with Crippen molar-refractivity contribution in [3.63, 3.8) is 0 Å². The second-order valence-electron chi connectivity index (χ2n) is 4.43. The molecule has 84 valence electrons. The topological polar surface area (TPSA) is 20.2 Å². The zero-order valence-corrected chi connectivity index (χ0v) is 9.56. The molecule has 0 unspecified atom stereocenters. The summed E-state index contributed by atoms with van der Waals surface area (Å²) in [5.41, 5.74) is 6.20. The van der Waals surface area contributed by atoms with Crippen molar-refractivity contribution >= 4 is 0 Å². The highest BCUT2D eigenvalue weighted by molar-refractivity contribution is 5.77. The fraction of sp³-hybridized carbons (Fsp3) is 0.125. The van der Waals surface area contributed by atoms with E-state index in [0.717, 1.165) is 12.0 Å². The fourth-order valence-corrected chi connectivity index (χ4v) is 2.49. The number of hydrogen-bond acceptors (Lipinski definition) is 1. The van der Waals surface area contributed by atoms with E-state index in [-0.39, 0.29) is 0 Å². The molecule has 2 aromatic carbocycles. The van der Waals surface area contributed by atoms with Gasteiger partial charge in [-0.05, 0) is 34.2 Å². The van der Waals surface area contributed by atoms with E-state index in [4.69, 9.17) is 0 Å². The highest BCUT2D eigenvalue weighted by Gasteiger charge is 2.18. The van der Waals surface area contributed by atoms with Crippen molar-refractivity contribution in [3.8, 4) is 11.1 Å². The summed E-state index contributed by atoms with van der Waals surface area (Å²) >= 11 is 0. The number of hydrogen-bond donors (Lipinski definition) is 1. The van der Waals surface area contributed by atoms with E-state index in [1.165, 1.54) is 22.3 Å². The zero-order valence-electron chi connectivity index (χ0n) is 9.56. The molecule has 0 amide bonds. The zero-order chi connectivity index (χ0) is 11.8. The first-order valence-corrected chi connectivity index (χ1v) is 5.81. The number of aliphatic hydroxyl groups excluding tert-OH is 1. The predicted molar refractivity (Wildman–Crippen MR) is 69.8 cm³/mol. The van der Waals surface area contributed by atoms with E-state index < -0.39 is 6.10 Å². The molecule has 0 saturated carbocycles. The molecule has 1 nitrogen and oxygen atoms in total. The largest absolute Gasteiger partial charge is 0.384 e. The maximum Gasteiger partial charge on any atom is 0.0969 e.